The molecule has 0 aromatic carbocycles. The molecule has 1 aromatic rings. The molecule has 1 unspecified atom stereocenters. The summed E-state index contributed by atoms with van der Waals surface area (Å²) in [4.78, 5) is 1.46. The molecule has 0 aliphatic carbocycles. The van der Waals surface area contributed by atoms with Crippen molar-refractivity contribution in [3.05, 3.63) is 20.8 Å². The monoisotopic (exact) mass is 247 g/mol. The fourth-order valence-electron chi connectivity index (χ4n) is 1.15. The third-order valence-electron chi connectivity index (χ3n) is 1.92. The Bertz CT molecular complexity index is 234. The lowest BCUT2D eigenvalue weighted by Gasteiger charge is -2.09. The van der Waals surface area contributed by atoms with E-state index in [2.05, 4.69) is 39.6 Å². The molecular weight excluding hydrogens is 234 g/mol. The summed E-state index contributed by atoms with van der Waals surface area (Å²) in [5.41, 5.74) is 0. The van der Waals surface area contributed by atoms with Crippen molar-refractivity contribution in [2.45, 2.75) is 19.3 Å². The molecule has 1 nitrogen and oxygen atoms in total. The summed E-state index contributed by atoms with van der Waals surface area (Å²) in [5, 5.41) is 5.30. The van der Waals surface area contributed by atoms with E-state index in [4.69, 9.17) is 0 Å². The normalized spacial score (nSPS) is 13.2. The maximum Gasteiger partial charge on any atom is 0.0317 e. The molecule has 12 heavy (non-hydrogen) atoms. The quantitative estimate of drug-likeness (QED) is 0.862. The fourth-order valence-corrected chi connectivity index (χ4v) is 3.01. The number of rotatable bonds is 4. The Hall–Kier alpha value is 0.140. The summed E-state index contributed by atoms with van der Waals surface area (Å²) < 4.78 is 1.26. The van der Waals surface area contributed by atoms with Crippen LogP contribution in [0, 0.1) is 0 Å². The highest BCUT2D eigenvalue weighted by Gasteiger charge is 2.09. The van der Waals surface area contributed by atoms with Crippen LogP contribution in [0.2, 0.25) is 0 Å². The predicted octanol–water partition coefficient (Wildman–Crippen LogP) is 3.22. The van der Waals surface area contributed by atoms with Crippen molar-refractivity contribution in [3.63, 3.8) is 0 Å². The minimum absolute atomic E-state index is 0.659. The molecule has 0 amide bonds. The Labute approximate surface area is 86.3 Å². The average Bonchev–Trinajstić information content (AvgIpc) is 2.47. The van der Waals surface area contributed by atoms with E-state index in [-0.39, 0.29) is 0 Å². The first kappa shape index (κ1) is 10.2. The summed E-state index contributed by atoms with van der Waals surface area (Å²) in [6.45, 7) is 3.36. The summed E-state index contributed by atoms with van der Waals surface area (Å²) in [6.07, 6.45) is 1.20. The van der Waals surface area contributed by atoms with E-state index in [0.29, 0.717) is 5.92 Å². The summed E-state index contributed by atoms with van der Waals surface area (Å²) in [7, 11) is 2.00. The number of hydrogen-bond acceptors (Lipinski definition) is 2. The molecule has 0 aliphatic heterocycles. The summed E-state index contributed by atoms with van der Waals surface area (Å²) in [6, 6.07) is 2.12. The van der Waals surface area contributed by atoms with E-state index in [9.17, 15) is 0 Å². The van der Waals surface area contributed by atoms with Crippen LogP contribution >= 0.6 is 27.3 Å². The number of halogens is 1. The zero-order valence-corrected chi connectivity index (χ0v) is 9.83. The van der Waals surface area contributed by atoms with Crippen LogP contribution in [0.25, 0.3) is 0 Å². The second-order valence-corrected chi connectivity index (χ2v) is 4.73. The molecule has 0 bridgehead atoms. The van der Waals surface area contributed by atoms with E-state index in [0.717, 1.165) is 6.54 Å². The topological polar surface area (TPSA) is 12.0 Å². The first-order valence-electron chi connectivity index (χ1n) is 4.13. The molecule has 0 saturated heterocycles. The third-order valence-corrected chi connectivity index (χ3v) is 4.02. The molecule has 1 atom stereocenters. The zero-order chi connectivity index (χ0) is 8.97. The molecule has 1 rings (SSSR count). The smallest absolute Gasteiger partial charge is 0.0317 e. The van der Waals surface area contributed by atoms with Gasteiger partial charge in [0.15, 0.2) is 0 Å². The maximum absolute atomic E-state index is 3.55. The lowest BCUT2D eigenvalue weighted by Crippen LogP contribution is -2.10. The van der Waals surface area contributed by atoms with Crippen molar-refractivity contribution >= 4 is 27.3 Å². The van der Waals surface area contributed by atoms with Gasteiger partial charge in [-0.25, -0.2) is 0 Å². The maximum atomic E-state index is 3.55. The molecule has 0 spiro atoms. The lowest BCUT2D eigenvalue weighted by molar-refractivity contribution is 0.642. The second kappa shape index (κ2) is 5.00. The van der Waals surface area contributed by atoms with E-state index in [1.165, 1.54) is 15.8 Å². The van der Waals surface area contributed by atoms with Gasteiger partial charge in [-0.05, 0) is 53.3 Å². The van der Waals surface area contributed by atoms with Crippen LogP contribution in [0.5, 0.6) is 0 Å². The molecule has 1 heterocycles. The van der Waals surface area contributed by atoms with Gasteiger partial charge in [-0.15, -0.1) is 11.3 Å². The summed E-state index contributed by atoms with van der Waals surface area (Å²) >= 11 is 5.38. The van der Waals surface area contributed by atoms with Crippen molar-refractivity contribution in [2.75, 3.05) is 13.6 Å². The van der Waals surface area contributed by atoms with Gasteiger partial charge in [-0.1, -0.05) is 6.92 Å². The van der Waals surface area contributed by atoms with Gasteiger partial charge >= 0.3 is 0 Å². The van der Waals surface area contributed by atoms with Crippen LogP contribution < -0.4 is 5.32 Å². The second-order valence-electron chi connectivity index (χ2n) is 2.93. The number of thiophene rings is 1. The van der Waals surface area contributed by atoms with Gasteiger partial charge < -0.3 is 5.32 Å². The van der Waals surface area contributed by atoms with Crippen LogP contribution in [-0.2, 0) is 0 Å². The third kappa shape index (κ3) is 2.57. The van der Waals surface area contributed by atoms with Crippen LogP contribution in [0.4, 0.5) is 0 Å². The minimum Gasteiger partial charge on any atom is -0.320 e. The van der Waals surface area contributed by atoms with Gasteiger partial charge in [0, 0.05) is 9.35 Å². The van der Waals surface area contributed by atoms with Crippen molar-refractivity contribution in [1.29, 1.82) is 0 Å². The Kier molecular flexibility index (Phi) is 4.26. The molecule has 0 fully saturated rings. The SMILES string of the molecule is CNCCC(C)c1sccc1Br. The van der Waals surface area contributed by atoms with Gasteiger partial charge in [0.05, 0.1) is 0 Å². The van der Waals surface area contributed by atoms with Gasteiger partial charge in [0.2, 0.25) is 0 Å². The van der Waals surface area contributed by atoms with Crippen molar-refractivity contribution < 1.29 is 0 Å². The molecule has 1 N–H and O–H groups in total. The van der Waals surface area contributed by atoms with E-state index >= 15 is 0 Å². The van der Waals surface area contributed by atoms with Crippen LogP contribution in [-0.4, -0.2) is 13.6 Å². The van der Waals surface area contributed by atoms with E-state index in [1.807, 2.05) is 18.4 Å². The highest BCUT2D eigenvalue weighted by atomic mass is 79.9. The fraction of sp³-hybridized carbons (Fsp3) is 0.556. The van der Waals surface area contributed by atoms with Gasteiger partial charge in [0.1, 0.15) is 0 Å². The highest BCUT2D eigenvalue weighted by Crippen LogP contribution is 2.31. The first-order chi connectivity index (χ1) is 5.75. The minimum atomic E-state index is 0.659. The van der Waals surface area contributed by atoms with E-state index in [1.54, 1.807) is 0 Å². The predicted molar refractivity (Wildman–Crippen MR) is 59.0 cm³/mol. The van der Waals surface area contributed by atoms with E-state index < -0.39 is 0 Å². The first-order valence-corrected chi connectivity index (χ1v) is 5.80. The van der Waals surface area contributed by atoms with Crippen LogP contribution in [0.1, 0.15) is 24.1 Å². The Morgan fingerprint density at radius 2 is 2.42 bits per heavy atom. The largest absolute Gasteiger partial charge is 0.320 e. The molecular formula is C9H14BrNS. The van der Waals surface area contributed by atoms with Crippen molar-refractivity contribution in [1.82, 2.24) is 5.32 Å². The van der Waals surface area contributed by atoms with Crippen molar-refractivity contribution in [3.8, 4) is 0 Å². The van der Waals surface area contributed by atoms with Crippen molar-refractivity contribution in [2.24, 2.45) is 0 Å². The standard InChI is InChI=1S/C9H14BrNS/c1-7(3-5-11-2)9-8(10)4-6-12-9/h4,6-7,11H,3,5H2,1-2H3. The number of hydrogen-bond donors (Lipinski definition) is 1. The summed E-state index contributed by atoms with van der Waals surface area (Å²) in [5.74, 6) is 0.659. The van der Waals surface area contributed by atoms with Gasteiger partial charge in [-0.3, -0.25) is 0 Å². The zero-order valence-electron chi connectivity index (χ0n) is 7.43. The highest BCUT2D eigenvalue weighted by molar-refractivity contribution is 9.10. The lowest BCUT2D eigenvalue weighted by atomic mass is 10.1. The molecule has 0 aliphatic rings. The molecule has 1 aromatic heterocycles. The van der Waals surface area contributed by atoms with Gasteiger partial charge in [-0.2, -0.15) is 0 Å². The number of nitrogens with one attached hydrogen (secondary N) is 1. The van der Waals surface area contributed by atoms with Crippen LogP contribution in [0.15, 0.2) is 15.9 Å². The average molecular weight is 248 g/mol. The van der Waals surface area contributed by atoms with Crippen LogP contribution in [0.3, 0.4) is 0 Å². The molecule has 68 valence electrons. The molecule has 3 heteroatoms. The Morgan fingerprint density at radius 1 is 1.67 bits per heavy atom. The Balaban J connectivity index is 2.52. The molecule has 0 radical (unpaired) electrons. The Morgan fingerprint density at radius 3 is 2.92 bits per heavy atom. The molecule has 0 saturated carbocycles. The van der Waals surface area contributed by atoms with Gasteiger partial charge in [0.25, 0.3) is 0 Å².